The van der Waals surface area contributed by atoms with Gasteiger partial charge in [-0.3, -0.25) is 15.0 Å². The van der Waals surface area contributed by atoms with Crippen molar-refractivity contribution in [1.82, 2.24) is 24.7 Å². The molecule has 2 aliphatic heterocycles. The average Bonchev–Trinajstić information content (AvgIpc) is 3.78. The predicted molar refractivity (Wildman–Crippen MR) is 288 cm³/mol. The third kappa shape index (κ3) is 12.3. The van der Waals surface area contributed by atoms with Crippen molar-refractivity contribution < 1.29 is 54.5 Å². The lowest BCUT2D eigenvalue weighted by Gasteiger charge is -2.32. The molecule has 0 unspecified atom stereocenters. The lowest BCUT2D eigenvalue weighted by molar-refractivity contribution is -0.0109. The molecule has 1 N–H and O–H groups in total. The molecule has 2 aliphatic carbocycles. The molecule has 4 aliphatic rings. The number of rotatable bonds is 17. The molecule has 78 heavy (non-hydrogen) atoms. The van der Waals surface area contributed by atoms with Gasteiger partial charge >= 0.3 is 0 Å². The van der Waals surface area contributed by atoms with Crippen molar-refractivity contribution in [2.24, 2.45) is 0 Å². The third-order valence-corrected chi connectivity index (χ3v) is 17.4. The fourth-order valence-corrected chi connectivity index (χ4v) is 12.1. The van der Waals surface area contributed by atoms with Gasteiger partial charge in [-0.25, -0.2) is 45.9 Å². The zero-order valence-electron chi connectivity index (χ0n) is 43.8. The van der Waals surface area contributed by atoms with Gasteiger partial charge in [0.05, 0.1) is 66.7 Å². The van der Waals surface area contributed by atoms with Crippen LogP contribution in [0.25, 0.3) is 0 Å². The standard InChI is InChI=1S/C55H62Cl2F4N8O8S/c1-74-39-15-13-36(45(28-39)76-3)32-68(33-37-14-16-40(75-2)29-46(37)77-4)78(72,73)47-27-38(17-22-62-47)69(53(71)42-31-44(57)49(35-11-6-12-35)64-51(42)67-24-8-19-55(60,61)21-26-67)65-52(70)41-30-43(56)48(34-9-5-10-34)63-50(41)66-23-7-18-54(58,59)20-25-66/h13-17,22,27-31,34-35H,5-12,18-21,23-26,32-33H2,1-4H3,(H,65,70). The van der Waals surface area contributed by atoms with E-state index < -0.39 is 51.6 Å². The van der Waals surface area contributed by atoms with Crippen LogP contribution in [0.4, 0.5) is 34.9 Å². The zero-order chi connectivity index (χ0) is 55.5. The van der Waals surface area contributed by atoms with Crippen LogP contribution < -0.4 is 39.2 Å². The van der Waals surface area contributed by atoms with E-state index in [0.717, 1.165) is 60.1 Å². The van der Waals surface area contributed by atoms with Crippen molar-refractivity contribution in [3.8, 4) is 23.0 Å². The zero-order valence-corrected chi connectivity index (χ0v) is 46.1. The minimum atomic E-state index is -4.72. The van der Waals surface area contributed by atoms with Gasteiger partial charge < -0.3 is 28.7 Å². The first-order valence-electron chi connectivity index (χ1n) is 26.0. The van der Waals surface area contributed by atoms with Crippen LogP contribution in [-0.4, -0.2) is 106 Å². The first kappa shape index (κ1) is 56.6. The Morgan fingerprint density at radius 3 is 1.60 bits per heavy atom. The SMILES string of the molecule is COc1ccc(CN(Cc2ccc(OC)cc2OC)S(=O)(=O)c2cc(N(NC(=O)c3cc(Cl)c(C4CCC4)nc3N3CCCC(F)(F)CC3)C(=O)c3cc(Cl)c(C4CCC4)nc3N3CCCC(F)(F)CC3)ccn2)c(OC)c1. The summed E-state index contributed by atoms with van der Waals surface area (Å²) in [6.45, 7) is -0.609. The van der Waals surface area contributed by atoms with Crippen LogP contribution >= 0.6 is 23.2 Å². The van der Waals surface area contributed by atoms with Gasteiger partial charge in [0.1, 0.15) is 34.6 Å². The maximum atomic E-state index is 15.8. The van der Waals surface area contributed by atoms with Crippen LogP contribution in [0.2, 0.25) is 10.0 Å². The van der Waals surface area contributed by atoms with Crippen LogP contribution in [0.15, 0.2) is 71.9 Å². The van der Waals surface area contributed by atoms with Crippen molar-refractivity contribution in [1.29, 1.82) is 0 Å². The molecule has 0 radical (unpaired) electrons. The van der Waals surface area contributed by atoms with Crippen LogP contribution in [0.5, 0.6) is 23.0 Å². The number of alkyl halides is 4. The Morgan fingerprint density at radius 1 is 0.654 bits per heavy atom. The molecule has 0 bridgehead atoms. The van der Waals surface area contributed by atoms with Gasteiger partial charge in [-0.15, -0.1) is 0 Å². The number of halogens is 6. The lowest BCUT2D eigenvalue weighted by atomic mass is 9.82. The summed E-state index contributed by atoms with van der Waals surface area (Å²) >= 11 is 13.9. The molecule has 5 heterocycles. The molecular weight excluding hydrogens is 1080 g/mol. The molecule has 3 aromatic heterocycles. The molecule has 2 saturated heterocycles. The molecule has 5 aromatic rings. The number of methoxy groups -OCH3 is 4. The Labute approximate surface area is 461 Å². The summed E-state index contributed by atoms with van der Waals surface area (Å²) in [5.74, 6) is -6.22. The number of aromatic nitrogens is 3. The molecule has 0 atom stereocenters. The average molecular weight is 1140 g/mol. The number of benzene rings is 2. The van der Waals surface area contributed by atoms with Gasteiger partial charge in [-0.1, -0.05) is 48.2 Å². The summed E-state index contributed by atoms with van der Waals surface area (Å²) in [5, 5.41) is 0.567. The normalized spacial score (nSPS) is 17.8. The summed E-state index contributed by atoms with van der Waals surface area (Å²) in [5.41, 5.74) is 4.09. The lowest BCUT2D eigenvalue weighted by Crippen LogP contribution is -2.48. The van der Waals surface area contributed by atoms with Gasteiger partial charge in [0.15, 0.2) is 5.03 Å². The van der Waals surface area contributed by atoms with Crippen molar-refractivity contribution >= 4 is 62.4 Å². The number of pyridine rings is 3. The van der Waals surface area contributed by atoms with Gasteiger partial charge in [-0.2, -0.15) is 4.31 Å². The number of sulfonamides is 1. The van der Waals surface area contributed by atoms with Crippen molar-refractivity contribution in [3.05, 3.63) is 111 Å². The maximum absolute atomic E-state index is 15.8. The number of carbonyl (C=O) groups excluding carboxylic acids is 2. The largest absolute Gasteiger partial charge is 0.497 e. The van der Waals surface area contributed by atoms with E-state index >= 15 is 18.0 Å². The molecular formula is C55H62Cl2F4N8O8S. The monoisotopic (exact) mass is 1140 g/mol. The number of nitrogens with zero attached hydrogens (tertiary/aromatic N) is 7. The summed E-state index contributed by atoms with van der Waals surface area (Å²) in [6, 6.07) is 15.1. The van der Waals surface area contributed by atoms with E-state index in [1.807, 2.05) is 0 Å². The summed E-state index contributed by atoms with van der Waals surface area (Å²) < 4.78 is 114. The number of hydrogen-bond donors (Lipinski definition) is 1. The van der Waals surface area contributed by atoms with Gasteiger partial charge in [0, 0.05) is 112 Å². The minimum Gasteiger partial charge on any atom is -0.497 e. The van der Waals surface area contributed by atoms with Gasteiger partial charge in [-0.05, 0) is 68.9 Å². The Hall–Kier alpha value is -6.16. The second-order valence-electron chi connectivity index (χ2n) is 20.2. The third-order valence-electron chi connectivity index (χ3n) is 15.1. The number of carbonyl (C=O) groups is 2. The van der Waals surface area contributed by atoms with Crippen LogP contribution in [0, 0.1) is 0 Å². The summed E-state index contributed by atoms with van der Waals surface area (Å²) in [7, 11) is 1.12. The van der Waals surface area contributed by atoms with E-state index in [2.05, 4.69) is 10.4 Å². The topological polar surface area (TPSA) is 169 Å². The first-order valence-corrected chi connectivity index (χ1v) is 28.2. The van der Waals surface area contributed by atoms with E-state index in [-0.39, 0.29) is 115 Å². The van der Waals surface area contributed by atoms with Crippen LogP contribution in [-0.2, 0) is 23.1 Å². The Balaban J connectivity index is 1.18. The smallest absolute Gasteiger partial charge is 0.280 e. The Bertz CT molecular complexity index is 3100. The second kappa shape index (κ2) is 23.7. The fourth-order valence-electron chi connectivity index (χ4n) is 10.2. The highest BCUT2D eigenvalue weighted by Crippen LogP contribution is 2.44. The molecule has 2 amide bonds. The van der Waals surface area contributed by atoms with Gasteiger partial charge in [0.25, 0.3) is 21.8 Å². The van der Waals surface area contributed by atoms with Crippen LogP contribution in [0.1, 0.15) is 132 Å². The van der Waals surface area contributed by atoms with Crippen LogP contribution in [0.3, 0.4) is 0 Å². The fraction of sp³-hybridized carbons (Fsp3) is 0.473. The highest BCUT2D eigenvalue weighted by Gasteiger charge is 2.39. The minimum absolute atomic E-state index is 0.0225. The molecule has 4 fully saturated rings. The highest BCUT2D eigenvalue weighted by molar-refractivity contribution is 7.89. The number of hydrogen-bond acceptors (Lipinski definition) is 13. The number of anilines is 3. The Morgan fingerprint density at radius 2 is 1.14 bits per heavy atom. The molecule has 0 spiro atoms. The quantitative estimate of drug-likeness (QED) is 0.0690. The molecule has 2 saturated carbocycles. The van der Waals surface area contributed by atoms with E-state index in [4.69, 9.17) is 52.1 Å². The number of nitrogens with one attached hydrogen (secondary N) is 1. The number of hydrazine groups is 1. The van der Waals surface area contributed by atoms with E-state index in [1.165, 1.54) is 46.6 Å². The van der Waals surface area contributed by atoms with E-state index in [1.54, 1.807) is 46.2 Å². The first-order chi connectivity index (χ1) is 37.3. The molecule has 418 valence electrons. The summed E-state index contributed by atoms with van der Waals surface area (Å²) in [6.07, 6.45) is 4.54. The van der Waals surface area contributed by atoms with E-state index in [9.17, 15) is 17.6 Å². The number of ether oxygens (including phenoxy) is 4. The van der Waals surface area contributed by atoms with Crippen molar-refractivity contribution in [2.45, 2.75) is 119 Å². The Kier molecular flexibility index (Phi) is 17.2. The highest BCUT2D eigenvalue weighted by atomic mass is 35.5. The molecule has 16 nitrogen and oxygen atoms in total. The van der Waals surface area contributed by atoms with Crippen molar-refractivity contribution in [2.75, 3.05) is 69.4 Å². The summed E-state index contributed by atoms with van der Waals surface area (Å²) in [4.78, 5) is 48.4. The predicted octanol–water partition coefficient (Wildman–Crippen LogP) is 11.4. The molecule has 2 aromatic carbocycles. The van der Waals surface area contributed by atoms with E-state index in [0.29, 0.717) is 45.5 Å². The number of amides is 2. The van der Waals surface area contributed by atoms with Gasteiger partial charge in [0.2, 0.25) is 11.8 Å². The van der Waals surface area contributed by atoms with Crippen molar-refractivity contribution in [3.63, 3.8) is 0 Å². The maximum Gasteiger partial charge on any atom is 0.280 e. The molecule has 9 rings (SSSR count). The second-order valence-corrected chi connectivity index (χ2v) is 22.9. The molecule has 23 heteroatoms.